The SMILES string of the molecule is CCCCC(=O)N1CCOC1=O.c1ccsc1. The highest BCUT2D eigenvalue weighted by Gasteiger charge is 2.27. The highest BCUT2D eigenvalue weighted by atomic mass is 32.1. The first-order chi connectivity index (χ1) is 8.25. The lowest BCUT2D eigenvalue weighted by molar-refractivity contribution is -0.127. The van der Waals surface area contributed by atoms with E-state index in [0.29, 0.717) is 19.6 Å². The standard InChI is InChI=1S/C8H13NO3.C4H4S/c1-2-3-4-7(10)9-5-6-12-8(9)11;1-2-4-5-3-1/h2-6H2,1H3;1-4H. The molecule has 0 aromatic carbocycles. The number of carbonyl (C=O) groups excluding carboxylic acids is 2. The molecule has 1 fully saturated rings. The molecule has 1 aliphatic rings. The summed E-state index contributed by atoms with van der Waals surface area (Å²) < 4.78 is 4.63. The predicted octanol–water partition coefficient (Wildman–Crippen LogP) is 2.90. The number of ether oxygens (including phenoxy) is 1. The van der Waals surface area contributed by atoms with Crippen LogP contribution in [0.4, 0.5) is 4.79 Å². The van der Waals surface area contributed by atoms with Gasteiger partial charge in [0.15, 0.2) is 0 Å². The number of hydrogen-bond acceptors (Lipinski definition) is 4. The summed E-state index contributed by atoms with van der Waals surface area (Å²) in [6.07, 6.45) is 1.76. The third-order valence-corrected chi connectivity index (χ3v) is 2.86. The molecule has 17 heavy (non-hydrogen) atoms. The second-order valence-corrected chi connectivity index (χ2v) is 4.37. The lowest BCUT2D eigenvalue weighted by atomic mass is 10.2. The number of hydrogen-bond donors (Lipinski definition) is 0. The molecule has 0 bridgehead atoms. The van der Waals surface area contributed by atoms with Crippen molar-refractivity contribution in [3.63, 3.8) is 0 Å². The molecular weight excluding hydrogens is 238 g/mol. The largest absolute Gasteiger partial charge is 0.447 e. The Morgan fingerprint density at radius 3 is 2.59 bits per heavy atom. The van der Waals surface area contributed by atoms with Crippen LogP contribution in [0.3, 0.4) is 0 Å². The van der Waals surface area contributed by atoms with Crippen LogP contribution in [-0.4, -0.2) is 30.1 Å². The minimum atomic E-state index is -0.490. The van der Waals surface area contributed by atoms with Crippen molar-refractivity contribution in [2.75, 3.05) is 13.2 Å². The molecule has 1 saturated heterocycles. The Labute approximate surface area is 105 Å². The van der Waals surface area contributed by atoms with Crippen LogP contribution in [0.2, 0.25) is 0 Å². The first-order valence-electron chi connectivity index (χ1n) is 5.70. The van der Waals surface area contributed by atoms with Crippen LogP contribution in [0.1, 0.15) is 26.2 Å². The van der Waals surface area contributed by atoms with Crippen molar-refractivity contribution in [2.24, 2.45) is 0 Å². The molecule has 5 heteroatoms. The van der Waals surface area contributed by atoms with Crippen molar-refractivity contribution >= 4 is 23.3 Å². The summed E-state index contributed by atoms with van der Waals surface area (Å²) in [6.45, 7) is 2.77. The van der Waals surface area contributed by atoms with Crippen LogP contribution in [0.5, 0.6) is 0 Å². The molecule has 0 atom stereocenters. The lowest BCUT2D eigenvalue weighted by Gasteiger charge is -2.09. The number of imide groups is 1. The van der Waals surface area contributed by atoms with E-state index in [2.05, 4.69) is 4.74 Å². The van der Waals surface area contributed by atoms with Gasteiger partial charge >= 0.3 is 6.09 Å². The Kier molecular flexibility index (Phi) is 6.32. The van der Waals surface area contributed by atoms with E-state index in [1.807, 2.05) is 29.8 Å². The van der Waals surface area contributed by atoms with E-state index in [9.17, 15) is 9.59 Å². The molecule has 0 unspecified atom stereocenters. The van der Waals surface area contributed by atoms with Crippen molar-refractivity contribution in [3.05, 3.63) is 22.9 Å². The van der Waals surface area contributed by atoms with Gasteiger partial charge in [-0.1, -0.05) is 25.5 Å². The maximum Gasteiger partial charge on any atom is 0.416 e. The number of amides is 2. The fourth-order valence-electron chi connectivity index (χ4n) is 1.31. The maximum atomic E-state index is 11.2. The van der Waals surface area contributed by atoms with Gasteiger partial charge in [-0.3, -0.25) is 4.79 Å². The van der Waals surface area contributed by atoms with Gasteiger partial charge < -0.3 is 4.74 Å². The predicted molar refractivity (Wildman–Crippen MR) is 66.9 cm³/mol. The Balaban J connectivity index is 0.000000239. The van der Waals surface area contributed by atoms with E-state index in [1.165, 1.54) is 4.90 Å². The Hall–Kier alpha value is -1.36. The van der Waals surface area contributed by atoms with Crippen LogP contribution < -0.4 is 0 Å². The molecule has 2 rings (SSSR count). The first-order valence-corrected chi connectivity index (χ1v) is 6.64. The van der Waals surface area contributed by atoms with Crippen molar-refractivity contribution < 1.29 is 14.3 Å². The quantitative estimate of drug-likeness (QED) is 0.834. The normalized spacial score (nSPS) is 13.9. The number of rotatable bonds is 3. The molecule has 0 N–H and O–H groups in total. The van der Waals surface area contributed by atoms with Crippen LogP contribution in [0.25, 0.3) is 0 Å². The van der Waals surface area contributed by atoms with Gasteiger partial charge in [0.1, 0.15) is 6.61 Å². The molecule has 0 spiro atoms. The molecular formula is C12H17NO3S. The first kappa shape index (κ1) is 13.7. The number of cyclic esters (lactones) is 1. The van der Waals surface area contributed by atoms with Gasteiger partial charge in [-0.2, -0.15) is 11.3 Å². The summed E-state index contributed by atoms with van der Waals surface area (Å²) in [5.74, 6) is -0.112. The summed E-state index contributed by atoms with van der Waals surface area (Å²) in [5.41, 5.74) is 0. The number of carbonyl (C=O) groups is 2. The number of nitrogens with zero attached hydrogens (tertiary/aromatic N) is 1. The average Bonchev–Trinajstić information content (AvgIpc) is 2.99. The summed E-state index contributed by atoms with van der Waals surface area (Å²) in [7, 11) is 0. The van der Waals surface area contributed by atoms with Crippen LogP contribution >= 0.6 is 11.3 Å². The molecule has 0 radical (unpaired) electrons. The summed E-state index contributed by atoms with van der Waals surface area (Å²) in [6, 6.07) is 4.04. The molecule has 2 amide bonds. The zero-order valence-corrected chi connectivity index (χ0v) is 10.7. The van der Waals surface area contributed by atoms with E-state index >= 15 is 0 Å². The molecule has 1 aliphatic heterocycles. The van der Waals surface area contributed by atoms with E-state index in [0.717, 1.165) is 12.8 Å². The zero-order chi connectivity index (χ0) is 12.5. The smallest absolute Gasteiger partial charge is 0.416 e. The van der Waals surface area contributed by atoms with E-state index in [4.69, 9.17) is 0 Å². The molecule has 1 aromatic rings. The average molecular weight is 255 g/mol. The van der Waals surface area contributed by atoms with Crippen molar-refractivity contribution in [1.82, 2.24) is 4.90 Å². The van der Waals surface area contributed by atoms with Crippen LogP contribution in [0, 0.1) is 0 Å². The fraction of sp³-hybridized carbons (Fsp3) is 0.500. The number of thiophene rings is 1. The highest BCUT2D eigenvalue weighted by molar-refractivity contribution is 7.07. The summed E-state index contributed by atoms with van der Waals surface area (Å²) in [4.78, 5) is 23.3. The van der Waals surface area contributed by atoms with Crippen LogP contribution in [-0.2, 0) is 9.53 Å². The molecule has 4 nitrogen and oxygen atoms in total. The van der Waals surface area contributed by atoms with Crippen molar-refractivity contribution in [1.29, 1.82) is 0 Å². The summed E-state index contributed by atoms with van der Waals surface area (Å²) in [5, 5.41) is 4.08. The maximum absolute atomic E-state index is 11.2. The fourth-order valence-corrected chi connectivity index (χ4v) is 1.76. The zero-order valence-electron chi connectivity index (χ0n) is 9.93. The third-order valence-electron chi connectivity index (χ3n) is 2.23. The molecule has 94 valence electrons. The Bertz CT molecular complexity index is 320. The van der Waals surface area contributed by atoms with Crippen LogP contribution in [0.15, 0.2) is 22.9 Å². The van der Waals surface area contributed by atoms with E-state index in [-0.39, 0.29) is 5.91 Å². The van der Waals surface area contributed by atoms with Crippen molar-refractivity contribution in [3.8, 4) is 0 Å². The minimum Gasteiger partial charge on any atom is -0.447 e. The second-order valence-electron chi connectivity index (χ2n) is 3.56. The van der Waals surface area contributed by atoms with Gasteiger partial charge in [-0.05, 0) is 17.2 Å². The van der Waals surface area contributed by atoms with E-state index in [1.54, 1.807) is 11.3 Å². The van der Waals surface area contributed by atoms with Crippen molar-refractivity contribution in [2.45, 2.75) is 26.2 Å². The molecule has 2 heterocycles. The third kappa shape index (κ3) is 4.99. The molecule has 0 saturated carbocycles. The van der Waals surface area contributed by atoms with Gasteiger partial charge in [0.05, 0.1) is 6.54 Å². The monoisotopic (exact) mass is 255 g/mol. The molecule has 1 aromatic heterocycles. The van der Waals surface area contributed by atoms with Gasteiger partial charge in [0.25, 0.3) is 0 Å². The second kappa shape index (κ2) is 7.84. The van der Waals surface area contributed by atoms with Gasteiger partial charge in [0, 0.05) is 6.42 Å². The molecule has 0 aliphatic carbocycles. The Morgan fingerprint density at radius 2 is 2.18 bits per heavy atom. The highest BCUT2D eigenvalue weighted by Crippen LogP contribution is 2.07. The number of unbranched alkanes of at least 4 members (excludes halogenated alkanes) is 1. The van der Waals surface area contributed by atoms with E-state index < -0.39 is 6.09 Å². The minimum absolute atomic E-state index is 0.112. The Morgan fingerprint density at radius 1 is 1.47 bits per heavy atom. The topological polar surface area (TPSA) is 46.6 Å². The summed E-state index contributed by atoms with van der Waals surface area (Å²) >= 11 is 1.71. The van der Waals surface area contributed by atoms with Gasteiger partial charge in [-0.15, -0.1) is 0 Å². The van der Waals surface area contributed by atoms with Gasteiger partial charge in [-0.25, -0.2) is 9.69 Å². The van der Waals surface area contributed by atoms with Gasteiger partial charge in [0.2, 0.25) is 5.91 Å². The lowest BCUT2D eigenvalue weighted by Crippen LogP contribution is -2.31.